The smallest absolute Gasteiger partial charge is 0.333 e. The van der Waals surface area contributed by atoms with Crippen molar-refractivity contribution in [2.45, 2.75) is 5.92 Å². The van der Waals surface area contributed by atoms with Gasteiger partial charge < -0.3 is 25.3 Å². The largest absolute Gasteiger partial charge is 0.860 e. The van der Waals surface area contributed by atoms with E-state index in [4.69, 9.17) is 9.47 Å². The van der Waals surface area contributed by atoms with Crippen molar-refractivity contribution < 1.29 is 14.6 Å². The Morgan fingerprint density at radius 1 is 0.875 bits per heavy atom. The van der Waals surface area contributed by atoms with E-state index in [0.29, 0.717) is 11.3 Å². The molecule has 3 heterocycles. The van der Waals surface area contributed by atoms with Crippen LogP contribution in [0.5, 0.6) is 23.3 Å². The molecule has 1 unspecified atom stereocenters. The number of nitrogens with zero attached hydrogens (tertiary/aromatic N) is 4. The Morgan fingerprint density at radius 3 is 2.03 bits per heavy atom. The van der Waals surface area contributed by atoms with E-state index in [9.17, 15) is 24.3 Å². The number of benzene rings is 1. The molecule has 12 heteroatoms. The summed E-state index contributed by atoms with van der Waals surface area (Å²) in [6.45, 7) is 0. The molecule has 0 saturated heterocycles. The molecule has 0 bridgehead atoms. The summed E-state index contributed by atoms with van der Waals surface area (Å²) in [6.07, 6.45) is 0. The summed E-state index contributed by atoms with van der Waals surface area (Å²) in [5.74, 6) is -1.44. The third kappa shape index (κ3) is 2.87. The lowest BCUT2D eigenvalue weighted by Crippen LogP contribution is -2.44. The maximum Gasteiger partial charge on any atom is 0.333 e. The lowest BCUT2D eigenvalue weighted by molar-refractivity contribution is -0.281. The normalized spacial score (nSPS) is 14.1. The predicted octanol–water partition coefficient (Wildman–Crippen LogP) is -0.774. The van der Waals surface area contributed by atoms with E-state index in [1.54, 1.807) is 18.2 Å². The van der Waals surface area contributed by atoms with Crippen LogP contribution in [0.3, 0.4) is 0 Å². The third-order valence-electron chi connectivity index (χ3n) is 5.60. The van der Waals surface area contributed by atoms with Crippen molar-refractivity contribution in [1.29, 1.82) is 0 Å². The summed E-state index contributed by atoms with van der Waals surface area (Å²) in [4.78, 5) is 50.9. The Hall–Kier alpha value is -4.06. The molecule has 3 aromatic rings. The minimum Gasteiger partial charge on any atom is -0.860 e. The van der Waals surface area contributed by atoms with Crippen molar-refractivity contribution in [2.24, 2.45) is 28.2 Å². The van der Waals surface area contributed by atoms with Crippen molar-refractivity contribution in [3.05, 3.63) is 76.6 Å². The minimum absolute atomic E-state index is 0. The molecule has 0 radical (unpaired) electrons. The molecule has 0 saturated carbocycles. The van der Waals surface area contributed by atoms with Gasteiger partial charge in [-0.15, -0.1) is 0 Å². The number of hydrogen-bond donors (Lipinski definition) is 1. The van der Waals surface area contributed by atoms with Gasteiger partial charge in [-0.1, -0.05) is 0 Å². The molecule has 2 aromatic heterocycles. The van der Waals surface area contributed by atoms with E-state index >= 15 is 0 Å². The number of aromatic nitrogens is 4. The molecular formula is C20H23N5O7. The van der Waals surface area contributed by atoms with Crippen LogP contribution in [-0.4, -0.2) is 25.4 Å². The van der Waals surface area contributed by atoms with Gasteiger partial charge in [-0.2, -0.15) is 0 Å². The first-order valence-corrected chi connectivity index (χ1v) is 9.22. The predicted molar refractivity (Wildman–Crippen MR) is 113 cm³/mol. The maximum absolute atomic E-state index is 13.2. The van der Waals surface area contributed by atoms with Crippen LogP contribution in [0.1, 0.15) is 22.6 Å². The molecule has 4 rings (SSSR count). The zero-order chi connectivity index (χ0) is 22.8. The molecule has 12 nitrogen and oxygen atoms in total. The minimum atomic E-state index is -1.18. The number of ether oxygens (including phenoxy) is 2. The van der Waals surface area contributed by atoms with Gasteiger partial charge >= 0.3 is 11.4 Å². The topological polar surface area (TPSA) is 166 Å². The SMILES string of the molecule is COc1ccc2c(c1)C(c1c([O-])n(C)c(=O)n(C)c1=O)c1c(n(C)c(=O)n(C)c1=O)O2.[NH4+]. The molecule has 4 N–H and O–H groups in total. The van der Waals surface area contributed by atoms with E-state index in [1.807, 2.05) is 0 Å². The molecule has 0 fully saturated rings. The highest BCUT2D eigenvalue weighted by atomic mass is 16.5. The van der Waals surface area contributed by atoms with Crippen molar-refractivity contribution in [3.63, 3.8) is 0 Å². The van der Waals surface area contributed by atoms with Crippen molar-refractivity contribution in [1.82, 2.24) is 24.4 Å². The van der Waals surface area contributed by atoms with Crippen LogP contribution < -0.4 is 43.2 Å². The highest BCUT2D eigenvalue weighted by Gasteiger charge is 2.37. The van der Waals surface area contributed by atoms with Gasteiger partial charge in [0, 0.05) is 39.3 Å². The quantitative estimate of drug-likeness (QED) is 0.423. The van der Waals surface area contributed by atoms with Gasteiger partial charge in [0.15, 0.2) is 0 Å². The Labute approximate surface area is 180 Å². The summed E-state index contributed by atoms with van der Waals surface area (Å²) >= 11 is 0. The van der Waals surface area contributed by atoms with Crippen LogP contribution in [0.2, 0.25) is 0 Å². The van der Waals surface area contributed by atoms with E-state index in [-0.39, 0.29) is 28.9 Å². The molecule has 170 valence electrons. The van der Waals surface area contributed by atoms with Gasteiger partial charge in [0.25, 0.3) is 11.1 Å². The Kier molecular flexibility index (Phi) is 5.35. The van der Waals surface area contributed by atoms with Crippen LogP contribution in [0.4, 0.5) is 0 Å². The summed E-state index contributed by atoms with van der Waals surface area (Å²) in [5.41, 5.74) is -3.00. The van der Waals surface area contributed by atoms with E-state index in [2.05, 4.69) is 0 Å². The van der Waals surface area contributed by atoms with Crippen molar-refractivity contribution >= 4 is 0 Å². The fourth-order valence-corrected chi connectivity index (χ4v) is 3.85. The molecule has 1 aliphatic heterocycles. The van der Waals surface area contributed by atoms with Gasteiger partial charge in [0.05, 0.1) is 18.6 Å². The summed E-state index contributed by atoms with van der Waals surface area (Å²) in [6, 6.07) is 4.72. The van der Waals surface area contributed by atoms with E-state index in [0.717, 1.165) is 18.3 Å². The first kappa shape index (κ1) is 22.6. The second kappa shape index (κ2) is 7.57. The van der Waals surface area contributed by atoms with Crippen LogP contribution in [0, 0.1) is 0 Å². The van der Waals surface area contributed by atoms with Gasteiger partial charge in [0.1, 0.15) is 11.5 Å². The van der Waals surface area contributed by atoms with Gasteiger partial charge in [-0.05, 0) is 24.1 Å². The van der Waals surface area contributed by atoms with Crippen molar-refractivity contribution in [3.8, 4) is 23.3 Å². The fraction of sp³-hybridized carbons (Fsp3) is 0.300. The zero-order valence-corrected chi connectivity index (χ0v) is 18.5. The first-order valence-electron chi connectivity index (χ1n) is 9.22. The maximum atomic E-state index is 13.2. The number of quaternary nitrogens is 1. The highest BCUT2D eigenvalue weighted by Crippen LogP contribution is 2.46. The van der Waals surface area contributed by atoms with Crippen LogP contribution >= 0.6 is 0 Å². The summed E-state index contributed by atoms with van der Waals surface area (Å²) < 4.78 is 14.7. The van der Waals surface area contributed by atoms with E-state index in [1.165, 1.54) is 35.3 Å². The molecule has 1 atom stereocenters. The average molecular weight is 445 g/mol. The molecule has 0 aliphatic carbocycles. The zero-order valence-electron chi connectivity index (χ0n) is 18.5. The summed E-state index contributed by atoms with van der Waals surface area (Å²) in [5, 5.41) is 13.1. The van der Waals surface area contributed by atoms with Crippen LogP contribution in [0.25, 0.3) is 0 Å². The lowest BCUT2D eigenvalue weighted by atomic mass is 9.84. The number of methoxy groups -OCH3 is 1. The fourth-order valence-electron chi connectivity index (χ4n) is 3.85. The molecule has 1 aliphatic rings. The van der Waals surface area contributed by atoms with Crippen LogP contribution in [0.15, 0.2) is 37.4 Å². The molecule has 32 heavy (non-hydrogen) atoms. The monoisotopic (exact) mass is 445 g/mol. The average Bonchev–Trinajstić information content (AvgIpc) is 2.77. The lowest BCUT2D eigenvalue weighted by Gasteiger charge is -2.31. The molecule has 0 spiro atoms. The van der Waals surface area contributed by atoms with Crippen LogP contribution in [-0.2, 0) is 28.2 Å². The van der Waals surface area contributed by atoms with Crippen molar-refractivity contribution in [2.75, 3.05) is 7.11 Å². The number of hydrogen-bond acceptors (Lipinski definition) is 7. The highest BCUT2D eigenvalue weighted by molar-refractivity contribution is 5.58. The Morgan fingerprint density at radius 2 is 1.44 bits per heavy atom. The third-order valence-corrected chi connectivity index (χ3v) is 5.60. The second-order valence-electron chi connectivity index (χ2n) is 7.29. The van der Waals surface area contributed by atoms with Gasteiger partial charge in [-0.3, -0.25) is 23.3 Å². The second-order valence-corrected chi connectivity index (χ2v) is 7.29. The molecule has 1 aromatic carbocycles. The molecule has 0 amide bonds. The van der Waals surface area contributed by atoms with E-state index < -0.39 is 34.3 Å². The number of fused-ring (bicyclic) bond motifs is 2. The summed E-state index contributed by atoms with van der Waals surface area (Å²) in [7, 11) is 6.66. The molecular weight excluding hydrogens is 422 g/mol. The Bertz CT molecular complexity index is 1460. The Balaban J connectivity index is 0.00000289. The number of rotatable bonds is 2. The van der Waals surface area contributed by atoms with Gasteiger partial charge in [0.2, 0.25) is 5.88 Å². The standard InChI is InChI=1S/C20H20N4O7.H3N/c1-21-15(25)13(16(26)22(2)19(21)28)12-10-8-9(30-5)6-7-11(10)31-18-14(12)17(27)23(3)20(29)24(18)4;/h6-8,12,25H,1-5H3;1H3. The first-order chi connectivity index (χ1) is 14.6. The van der Waals surface area contributed by atoms with Gasteiger partial charge in [-0.25, -0.2) is 9.59 Å².